The maximum atomic E-state index is 13.1. The molecule has 0 N–H and O–H groups in total. The van der Waals surface area contributed by atoms with Gasteiger partial charge >= 0.3 is 6.18 Å². The molecule has 0 atom stereocenters. The molecule has 2 heterocycles. The molecule has 0 aromatic heterocycles. The van der Waals surface area contributed by atoms with E-state index in [1.165, 1.54) is 17.0 Å². The van der Waals surface area contributed by atoms with Crippen LogP contribution in [-0.4, -0.2) is 78.9 Å². The molecule has 0 saturated carbocycles. The van der Waals surface area contributed by atoms with E-state index in [1.807, 2.05) is 70.5 Å². The third kappa shape index (κ3) is 6.54. The molecule has 3 aromatic rings. The van der Waals surface area contributed by atoms with Gasteiger partial charge in [0.25, 0.3) is 0 Å². The van der Waals surface area contributed by atoms with Gasteiger partial charge in [-0.2, -0.15) is 13.2 Å². The van der Waals surface area contributed by atoms with Crippen molar-refractivity contribution in [3.8, 4) is 0 Å². The number of anilines is 1. The number of hydrogen-bond acceptors (Lipinski definition) is 5. The molecule has 5 rings (SSSR count). The molecular formula is C31H33F3N4O2. The molecule has 2 amide bonds. The predicted octanol–water partition coefficient (Wildman–Crippen LogP) is 4.68. The van der Waals surface area contributed by atoms with Gasteiger partial charge in [-0.25, -0.2) is 0 Å². The van der Waals surface area contributed by atoms with Crippen LogP contribution in [0, 0.1) is 0 Å². The van der Waals surface area contributed by atoms with Crippen molar-refractivity contribution < 1.29 is 22.8 Å². The number of benzene rings is 3. The van der Waals surface area contributed by atoms with Crippen molar-refractivity contribution in [3.63, 3.8) is 0 Å². The summed E-state index contributed by atoms with van der Waals surface area (Å²) < 4.78 is 39.2. The van der Waals surface area contributed by atoms with Crippen molar-refractivity contribution in [2.45, 2.75) is 18.6 Å². The second kappa shape index (κ2) is 12.2. The van der Waals surface area contributed by atoms with Gasteiger partial charge in [-0.1, -0.05) is 66.7 Å². The standard InChI is InChI=1S/C31H33F3N4O2/c32-31(33,34)26-13-7-14-27(21-26)36-19-17-35(18-20-36)15-8-16-38-28(39)22-37(23-29(38)40)30(24-9-3-1-4-10-24)25-11-5-2-6-12-25/h1-7,9-14,21,30H,8,15-20,22-23H2. The lowest BCUT2D eigenvalue weighted by Crippen LogP contribution is -2.55. The molecule has 6 nitrogen and oxygen atoms in total. The fourth-order valence-electron chi connectivity index (χ4n) is 5.59. The highest BCUT2D eigenvalue weighted by atomic mass is 19.4. The minimum atomic E-state index is -4.36. The van der Waals surface area contributed by atoms with Crippen LogP contribution in [0.5, 0.6) is 0 Å². The average Bonchev–Trinajstić information content (AvgIpc) is 2.96. The van der Waals surface area contributed by atoms with Crippen molar-refractivity contribution in [1.82, 2.24) is 14.7 Å². The van der Waals surface area contributed by atoms with Gasteiger partial charge < -0.3 is 4.90 Å². The first-order valence-corrected chi connectivity index (χ1v) is 13.6. The molecule has 0 aliphatic carbocycles. The predicted molar refractivity (Wildman–Crippen MR) is 148 cm³/mol. The minimum absolute atomic E-state index is 0.163. The maximum absolute atomic E-state index is 13.1. The van der Waals surface area contributed by atoms with Crippen molar-refractivity contribution in [1.29, 1.82) is 0 Å². The highest BCUT2D eigenvalue weighted by molar-refractivity contribution is 5.99. The van der Waals surface area contributed by atoms with E-state index in [1.54, 1.807) is 6.07 Å². The van der Waals surface area contributed by atoms with E-state index in [-0.39, 0.29) is 30.9 Å². The van der Waals surface area contributed by atoms with E-state index in [2.05, 4.69) is 4.90 Å². The number of carbonyl (C=O) groups is 2. The molecule has 40 heavy (non-hydrogen) atoms. The number of rotatable bonds is 8. The Bertz CT molecular complexity index is 1240. The van der Waals surface area contributed by atoms with Gasteiger partial charge in [0.1, 0.15) is 0 Å². The zero-order valence-corrected chi connectivity index (χ0v) is 22.3. The van der Waals surface area contributed by atoms with Crippen LogP contribution < -0.4 is 4.90 Å². The average molecular weight is 551 g/mol. The van der Waals surface area contributed by atoms with E-state index in [0.29, 0.717) is 51.4 Å². The normalized spacial score (nSPS) is 17.6. The first-order chi connectivity index (χ1) is 19.3. The molecule has 210 valence electrons. The van der Waals surface area contributed by atoms with Crippen molar-refractivity contribution in [2.24, 2.45) is 0 Å². The first kappa shape index (κ1) is 27.9. The van der Waals surface area contributed by atoms with Gasteiger partial charge in [-0.3, -0.25) is 24.3 Å². The Morgan fingerprint density at radius 1 is 0.700 bits per heavy atom. The molecule has 0 radical (unpaired) electrons. The molecule has 9 heteroatoms. The lowest BCUT2D eigenvalue weighted by atomic mass is 9.96. The van der Waals surface area contributed by atoms with Gasteiger partial charge in [-0.15, -0.1) is 0 Å². The highest BCUT2D eigenvalue weighted by Gasteiger charge is 2.35. The summed E-state index contributed by atoms with van der Waals surface area (Å²) >= 11 is 0. The first-order valence-electron chi connectivity index (χ1n) is 13.6. The molecule has 0 spiro atoms. The monoisotopic (exact) mass is 550 g/mol. The van der Waals surface area contributed by atoms with Gasteiger partial charge in [0, 0.05) is 38.4 Å². The third-order valence-corrected chi connectivity index (χ3v) is 7.64. The molecule has 2 aliphatic heterocycles. The van der Waals surface area contributed by atoms with E-state index < -0.39 is 11.7 Å². The zero-order valence-electron chi connectivity index (χ0n) is 22.3. The molecule has 2 saturated heterocycles. The topological polar surface area (TPSA) is 47.1 Å². The van der Waals surface area contributed by atoms with Gasteiger partial charge in [-0.05, 0) is 42.3 Å². The van der Waals surface area contributed by atoms with Crippen molar-refractivity contribution in [3.05, 3.63) is 102 Å². The largest absolute Gasteiger partial charge is 0.416 e. The number of hydrogen-bond donors (Lipinski definition) is 0. The Balaban J connectivity index is 1.13. The van der Waals surface area contributed by atoms with Crippen LogP contribution in [0.1, 0.15) is 29.2 Å². The van der Waals surface area contributed by atoms with Crippen LogP contribution in [0.25, 0.3) is 0 Å². The number of alkyl halides is 3. The molecule has 2 aliphatic rings. The molecule has 2 fully saturated rings. The number of carbonyl (C=O) groups excluding carboxylic acids is 2. The second-order valence-electron chi connectivity index (χ2n) is 10.3. The second-order valence-corrected chi connectivity index (χ2v) is 10.3. The SMILES string of the molecule is O=C1CN(C(c2ccccc2)c2ccccc2)CC(=O)N1CCCN1CCN(c2cccc(C(F)(F)F)c2)CC1. The van der Waals surface area contributed by atoms with E-state index in [4.69, 9.17) is 0 Å². The van der Waals surface area contributed by atoms with Crippen LogP contribution in [0.3, 0.4) is 0 Å². The van der Waals surface area contributed by atoms with Crippen LogP contribution >= 0.6 is 0 Å². The van der Waals surface area contributed by atoms with Gasteiger partial charge in [0.15, 0.2) is 0 Å². The summed E-state index contributed by atoms with van der Waals surface area (Å²) in [6, 6.07) is 25.1. The summed E-state index contributed by atoms with van der Waals surface area (Å²) in [5.74, 6) is -0.384. The molecule has 0 unspecified atom stereocenters. The quantitative estimate of drug-likeness (QED) is 0.382. The number of nitrogens with zero attached hydrogens (tertiary/aromatic N) is 4. The maximum Gasteiger partial charge on any atom is 0.416 e. The Kier molecular flexibility index (Phi) is 8.52. The summed E-state index contributed by atoms with van der Waals surface area (Å²) in [6.07, 6.45) is -3.70. The Labute approximate surface area is 232 Å². The Hall–Kier alpha value is -3.69. The summed E-state index contributed by atoms with van der Waals surface area (Å²) in [5.41, 5.74) is 2.01. The lowest BCUT2D eigenvalue weighted by Gasteiger charge is -2.39. The van der Waals surface area contributed by atoms with Crippen LogP contribution in [0.4, 0.5) is 18.9 Å². The highest BCUT2D eigenvalue weighted by Crippen LogP contribution is 2.32. The van der Waals surface area contributed by atoms with E-state index >= 15 is 0 Å². The van der Waals surface area contributed by atoms with Crippen molar-refractivity contribution >= 4 is 17.5 Å². The number of amides is 2. The summed E-state index contributed by atoms with van der Waals surface area (Å²) in [4.78, 5) is 33.8. The lowest BCUT2D eigenvalue weighted by molar-refractivity contribution is -0.152. The Morgan fingerprint density at radius 2 is 1.27 bits per heavy atom. The van der Waals surface area contributed by atoms with Crippen LogP contribution in [0.15, 0.2) is 84.9 Å². The van der Waals surface area contributed by atoms with Gasteiger partial charge in [0.2, 0.25) is 11.8 Å². The van der Waals surface area contributed by atoms with Crippen molar-refractivity contribution in [2.75, 3.05) is 57.3 Å². The summed E-state index contributed by atoms with van der Waals surface area (Å²) in [7, 11) is 0. The van der Waals surface area contributed by atoms with E-state index in [9.17, 15) is 22.8 Å². The zero-order chi connectivity index (χ0) is 28.1. The third-order valence-electron chi connectivity index (χ3n) is 7.64. The minimum Gasteiger partial charge on any atom is -0.369 e. The molecular weight excluding hydrogens is 517 g/mol. The summed E-state index contributed by atoms with van der Waals surface area (Å²) in [5, 5.41) is 0. The fourth-order valence-corrected chi connectivity index (χ4v) is 5.59. The van der Waals surface area contributed by atoms with E-state index in [0.717, 1.165) is 17.2 Å². The fraction of sp³-hybridized carbons (Fsp3) is 0.355. The number of piperazine rings is 2. The van der Waals surface area contributed by atoms with Crippen LogP contribution in [-0.2, 0) is 15.8 Å². The molecule has 0 bridgehead atoms. The summed E-state index contributed by atoms with van der Waals surface area (Å²) in [6.45, 7) is 4.07. The number of halogens is 3. The number of imide groups is 1. The molecule has 3 aromatic carbocycles. The van der Waals surface area contributed by atoms with Gasteiger partial charge in [0.05, 0.1) is 24.7 Å². The smallest absolute Gasteiger partial charge is 0.369 e. The van der Waals surface area contributed by atoms with Crippen LogP contribution in [0.2, 0.25) is 0 Å². The Morgan fingerprint density at radius 3 is 1.82 bits per heavy atom.